The Morgan fingerprint density at radius 3 is 2.65 bits per heavy atom. The van der Waals surface area contributed by atoms with E-state index >= 15 is 0 Å². The van der Waals surface area contributed by atoms with E-state index < -0.39 is 0 Å². The highest BCUT2D eigenvalue weighted by Gasteiger charge is 2.15. The summed E-state index contributed by atoms with van der Waals surface area (Å²) in [7, 11) is 0. The Balaban J connectivity index is 2.06. The van der Waals surface area contributed by atoms with E-state index in [2.05, 4.69) is 37.1 Å². The van der Waals surface area contributed by atoms with Gasteiger partial charge in [-0.2, -0.15) is 0 Å². The van der Waals surface area contributed by atoms with E-state index in [0.717, 1.165) is 11.1 Å². The van der Waals surface area contributed by atoms with E-state index in [4.69, 9.17) is 0 Å². The molecule has 0 fully saturated rings. The van der Waals surface area contributed by atoms with Crippen molar-refractivity contribution in [2.45, 2.75) is 32.7 Å². The predicted molar refractivity (Wildman–Crippen MR) is 80.5 cm³/mol. The maximum absolute atomic E-state index is 12.2. The fourth-order valence-electron chi connectivity index (χ4n) is 1.91. The van der Waals surface area contributed by atoms with Crippen molar-refractivity contribution in [3.05, 3.63) is 65.5 Å². The molecule has 20 heavy (non-hydrogen) atoms. The lowest BCUT2D eigenvalue weighted by molar-refractivity contribution is 0.0950. The van der Waals surface area contributed by atoms with Crippen molar-refractivity contribution in [2.24, 2.45) is 0 Å². The summed E-state index contributed by atoms with van der Waals surface area (Å²) in [4.78, 5) is 16.2. The molecule has 0 unspecified atom stereocenters. The van der Waals surface area contributed by atoms with E-state index in [-0.39, 0.29) is 11.3 Å². The third-order valence-electron chi connectivity index (χ3n) is 3.17. The first-order chi connectivity index (χ1) is 9.47. The summed E-state index contributed by atoms with van der Waals surface area (Å²) in [5, 5.41) is 2.91. The highest BCUT2D eigenvalue weighted by atomic mass is 16.1. The van der Waals surface area contributed by atoms with Crippen LogP contribution in [0.3, 0.4) is 0 Å². The molecule has 1 heterocycles. The number of amides is 1. The van der Waals surface area contributed by atoms with Crippen LogP contribution < -0.4 is 5.32 Å². The van der Waals surface area contributed by atoms with Gasteiger partial charge in [0.05, 0.1) is 0 Å². The van der Waals surface area contributed by atoms with Gasteiger partial charge < -0.3 is 5.32 Å². The zero-order valence-electron chi connectivity index (χ0n) is 12.2. The highest BCUT2D eigenvalue weighted by molar-refractivity contribution is 5.94. The van der Waals surface area contributed by atoms with Gasteiger partial charge in [-0.05, 0) is 34.7 Å². The summed E-state index contributed by atoms with van der Waals surface area (Å²) in [6, 6.07) is 11.6. The second-order valence-electron chi connectivity index (χ2n) is 5.87. The first-order valence-electron chi connectivity index (χ1n) is 6.74. The maximum Gasteiger partial charge on any atom is 0.251 e. The second-order valence-corrected chi connectivity index (χ2v) is 5.87. The molecule has 1 aromatic heterocycles. The summed E-state index contributed by atoms with van der Waals surface area (Å²) < 4.78 is 0. The minimum atomic E-state index is -0.0556. The average molecular weight is 268 g/mol. The number of hydrogen-bond acceptors (Lipinski definition) is 2. The van der Waals surface area contributed by atoms with Crippen LogP contribution in [0.25, 0.3) is 0 Å². The van der Waals surface area contributed by atoms with Gasteiger partial charge in [0.25, 0.3) is 5.91 Å². The van der Waals surface area contributed by atoms with E-state index in [1.54, 1.807) is 12.4 Å². The molecular weight excluding hydrogens is 248 g/mol. The summed E-state index contributed by atoms with van der Waals surface area (Å²) in [6.07, 6.45) is 3.48. The van der Waals surface area contributed by atoms with Gasteiger partial charge in [-0.1, -0.05) is 39.0 Å². The van der Waals surface area contributed by atoms with Crippen LogP contribution in [0.1, 0.15) is 42.3 Å². The third-order valence-corrected chi connectivity index (χ3v) is 3.17. The van der Waals surface area contributed by atoms with Crippen molar-refractivity contribution >= 4 is 5.91 Å². The highest BCUT2D eigenvalue weighted by Crippen LogP contribution is 2.22. The van der Waals surface area contributed by atoms with Gasteiger partial charge in [-0.25, -0.2) is 0 Å². The molecule has 104 valence electrons. The number of pyridine rings is 1. The SMILES string of the molecule is CC(C)(C)c1cccc(C(=O)NCc2cccnc2)c1. The number of carbonyl (C=O) groups excluding carboxylic acids is 1. The molecule has 2 aromatic rings. The number of rotatable bonds is 3. The van der Waals surface area contributed by atoms with Gasteiger partial charge in [-0.3, -0.25) is 9.78 Å². The molecule has 0 bridgehead atoms. The van der Waals surface area contributed by atoms with Gasteiger partial charge in [0.15, 0.2) is 0 Å². The Kier molecular flexibility index (Phi) is 4.18. The first-order valence-corrected chi connectivity index (χ1v) is 6.74. The Morgan fingerprint density at radius 1 is 1.20 bits per heavy atom. The molecule has 3 heteroatoms. The van der Waals surface area contributed by atoms with Crippen LogP contribution in [0.2, 0.25) is 0 Å². The molecule has 2 rings (SSSR count). The maximum atomic E-state index is 12.2. The largest absolute Gasteiger partial charge is 0.348 e. The van der Waals surface area contributed by atoms with Crippen molar-refractivity contribution in [1.29, 1.82) is 0 Å². The molecule has 0 aliphatic rings. The van der Waals surface area contributed by atoms with Gasteiger partial charge >= 0.3 is 0 Å². The number of nitrogens with one attached hydrogen (secondary N) is 1. The molecule has 1 aromatic carbocycles. The van der Waals surface area contributed by atoms with Crippen LogP contribution in [-0.2, 0) is 12.0 Å². The van der Waals surface area contributed by atoms with Gasteiger partial charge in [0.2, 0.25) is 0 Å². The van der Waals surface area contributed by atoms with E-state index in [0.29, 0.717) is 12.1 Å². The summed E-state index contributed by atoms with van der Waals surface area (Å²) in [5.74, 6) is -0.0556. The minimum Gasteiger partial charge on any atom is -0.348 e. The quantitative estimate of drug-likeness (QED) is 0.928. The molecule has 1 amide bonds. The lowest BCUT2D eigenvalue weighted by Gasteiger charge is -2.19. The lowest BCUT2D eigenvalue weighted by Crippen LogP contribution is -2.23. The molecule has 3 nitrogen and oxygen atoms in total. The van der Waals surface area contributed by atoms with Crippen LogP contribution in [-0.4, -0.2) is 10.9 Å². The monoisotopic (exact) mass is 268 g/mol. The third kappa shape index (κ3) is 3.67. The molecule has 0 saturated carbocycles. The average Bonchev–Trinajstić information content (AvgIpc) is 2.45. The van der Waals surface area contributed by atoms with Crippen LogP contribution in [0, 0.1) is 0 Å². The molecule has 0 spiro atoms. The summed E-state index contributed by atoms with van der Waals surface area (Å²) in [5.41, 5.74) is 2.89. The van der Waals surface area contributed by atoms with Crippen LogP contribution in [0.4, 0.5) is 0 Å². The summed E-state index contributed by atoms with van der Waals surface area (Å²) in [6.45, 7) is 6.91. The number of aromatic nitrogens is 1. The molecule has 0 saturated heterocycles. The van der Waals surface area contributed by atoms with Gasteiger partial charge in [0, 0.05) is 24.5 Å². The predicted octanol–water partition coefficient (Wildman–Crippen LogP) is 3.31. The number of hydrogen-bond donors (Lipinski definition) is 1. The van der Waals surface area contributed by atoms with Crippen LogP contribution >= 0.6 is 0 Å². The Labute approximate surface area is 120 Å². The van der Waals surface area contributed by atoms with Gasteiger partial charge in [0.1, 0.15) is 0 Å². The smallest absolute Gasteiger partial charge is 0.251 e. The van der Waals surface area contributed by atoms with E-state index in [9.17, 15) is 4.79 Å². The number of nitrogens with zero attached hydrogens (tertiary/aromatic N) is 1. The fraction of sp³-hybridized carbons (Fsp3) is 0.294. The standard InChI is InChI=1S/C17H20N2O/c1-17(2,3)15-8-4-7-14(10-15)16(20)19-12-13-6-5-9-18-11-13/h4-11H,12H2,1-3H3,(H,19,20). The Morgan fingerprint density at radius 2 is 2.00 bits per heavy atom. The van der Waals surface area contributed by atoms with E-state index in [1.807, 2.05) is 30.3 Å². The number of carbonyl (C=O) groups is 1. The van der Waals surface area contributed by atoms with Crippen molar-refractivity contribution in [1.82, 2.24) is 10.3 Å². The molecule has 0 aliphatic carbocycles. The molecule has 0 radical (unpaired) electrons. The zero-order valence-corrected chi connectivity index (χ0v) is 12.2. The molecular formula is C17H20N2O. The molecule has 1 N–H and O–H groups in total. The second kappa shape index (κ2) is 5.87. The lowest BCUT2D eigenvalue weighted by atomic mass is 9.86. The Hall–Kier alpha value is -2.16. The van der Waals surface area contributed by atoms with Crippen LogP contribution in [0.15, 0.2) is 48.8 Å². The van der Waals surface area contributed by atoms with Crippen molar-refractivity contribution < 1.29 is 4.79 Å². The summed E-state index contributed by atoms with van der Waals surface area (Å²) >= 11 is 0. The van der Waals surface area contributed by atoms with Crippen molar-refractivity contribution in [2.75, 3.05) is 0 Å². The van der Waals surface area contributed by atoms with Crippen LogP contribution in [0.5, 0.6) is 0 Å². The van der Waals surface area contributed by atoms with E-state index in [1.165, 1.54) is 0 Å². The topological polar surface area (TPSA) is 42.0 Å². The molecule has 0 aliphatic heterocycles. The molecule has 0 atom stereocenters. The first kappa shape index (κ1) is 14.3. The zero-order chi connectivity index (χ0) is 14.6. The fourth-order valence-corrected chi connectivity index (χ4v) is 1.91. The minimum absolute atomic E-state index is 0.0413. The van der Waals surface area contributed by atoms with Gasteiger partial charge in [-0.15, -0.1) is 0 Å². The Bertz CT molecular complexity index is 585. The van der Waals surface area contributed by atoms with Crippen molar-refractivity contribution in [3.63, 3.8) is 0 Å². The number of benzene rings is 1. The normalized spacial score (nSPS) is 11.2. The van der Waals surface area contributed by atoms with Crippen molar-refractivity contribution in [3.8, 4) is 0 Å².